The van der Waals surface area contributed by atoms with Crippen LogP contribution >= 0.6 is 11.6 Å². The Morgan fingerprint density at radius 2 is 2.28 bits per heavy atom. The van der Waals surface area contributed by atoms with Gasteiger partial charge in [-0.1, -0.05) is 17.7 Å². The molecule has 0 spiro atoms. The van der Waals surface area contributed by atoms with Crippen LogP contribution in [0.1, 0.15) is 18.5 Å². The molecule has 0 saturated heterocycles. The lowest BCUT2D eigenvalue weighted by molar-refractivity contribution is -0.146. The van der Waals surface area contributed by atoms with Crippen LogP contribution in [0.4, 0.5) is 0 Å². The highest BCUT2D eigenvalue weighted by Gasteiger charge is 2.26. The van der Waals surface area contributed by atoms with Crippen molar-refractivity contribution in [3.8, 4) is 5.75 Å². The summed E-state index contributed by atoms with van der Waals surface area (Å²) in [5.74, 6) is -0.649. The molecule has 6 heteroatoms. The second-order valence-corrected chi connectivity index (χ2v) is 3.98. The number of benzene rings is 1. The summed E-state index contributed by atoms with van der Waals surface area (Å²) in [7, 11) is 1.47. The lowest BCUT2D eigenvalue weighted by Gasteiger charge is -2.24. The van der Waals surface area contributed by atoms with E-state index in [-0.39, 0.29) is 0 Å². The Morgan fingerprint density at radius 3 is 2.67 bits per heavy atom. The zero-order chi connectivity index (χ0) is 13.7. The maximum Gasteiger partial charge on any atom is 0.331 e. The Balaban J connectivity index is 3.18. The molecule has 0 bridgehead atoms. The molecule has 1 unspecified atom stereocenters. The standard InChI is InChI=1S/C12H14ClNO4/c1-3-14(7-15)11(12(16)17)8-4-5-10(18-2)9(13)6-8/h4-7,11H,3H2,1-2H3,(H,16,17). The molecule has 1 amide bonds. The average molecular weight is 272 g/mol. The van der Waals surface area contributed by atoms with Crippen LogP contribution in [0.25, 0.3) is 0 Å². The third kappa shape index (κ3) is 2.92. The topological polar surface area (TPSA) is 66.8 Å². The molecule has 1 aromatic rings. The zero-order valence-electron chi connectivity index (χ0n) is 10.1. The van der Waals surface area contributed by atoms with E-state index < -0.39 is 12.0 Å². The number of carbonyl (C=O) groups excluding carboxylic acids is 1. The number of carboxylic acids is 1. The van der Waals surface area contributed by atoms with E-state index in [0.29, 0.717) is 29.3 Å². The first kappa shape index (κ1) is 14.3. The van der Waals surface area contributed by atoms with E-state index in [9.17, 15) is 14.7 Å². The summed E-state index contributed by atoms with van der Waals surface area (Å²) in [5.41, 5.74) is 0.433. The van der Waals surface area contributed by atoms with Gasteiger partial charge >= 0.3 is 5.97 Å². The van der Waals surface area contributed by atoms with Crippen molar-refractivity contribution in [3.05, 3.63) is 28.8 Å². The van der Waals surface area contributed by atoms with E-state index in [4.69, 9.17) is 16.3 Å². The quantitative estimate of drug-likeness (QED) is 0.803. The number of methoxy groups -OCH3 is 1. The van der Waals surface area contributed by atoms with Crippen LogP contribution in [-0.4, -0.2) is 36.0 Å². The number of ether oxygens (including phenoxy) is 1. The second-order valence-electron chi connectivity index (χ2n) is 3.57. The molecule has 0 fully saturated rings. The molecule has 98 valence electrons. The Morgan fingerprint density at radius 1 is 1.61 bits per heavy atom. The molecule has 1 rings (SSSR count). The van der Waals surface area contributed by atoms with Gasteiger partial charge in [-0.2, -0.15) is 0 Å². The minimum Gasteiger partial charge on any atom is -0.495 e. The fourth-order valence-electron chi connectivity index (χ4n) is 1.65. The van der Waals surface area contributed by atoms with Gasteiger partial charge in [0.25, 0.3) is 0 Å². The highest BCUT2D eigenvalue weighted by atomic mass is 35.5. The van der Waals surface area contributed by atoms with Gasteiger partial charge < -0.3 is 14.7 Å². The van der Waals surface area contributed by atoms with Crippen molar-refractivity contribution in [1.82, 2.24) is 4.90 Å². The first-order valence-corrected chi connectivity index (χ1v) is 5.70. The van der Waals surface area contributed by atoms with Crippen molar-refractivity contribution in [2.45, 2.75) is 13.0 Å². The lowest BCUT2D eigenvalue weighted by atomic mass is 10.1. The van der Waals surface area contributed by atoms with Gasteiger partial charge in [0.05, 0.1) is 12.1 Å². The Kier molecular flexibility index (Phi) is 4.97. The van der Waals surface area contributed by atoms with Crippen molar-refractivity contribution in [2.75, 3.05) is 13.7 Å². The van der Waals surface area contributed by atoms with Crippen LogP contribution in [0.3, 0.4) is 0 Å². The summed E-state index contributed by atoms with van der Waals surface area (Å²) in [5, 5.41) is 9.51. The molecule has 0 aliphatic rings. The summed E-state index contributed by atoms with van der Waals surface area (Å²) in [6.07, 6.45) is 0.511. The maximum atomic E-state index is 11.3. The molecule has 0 aliphatic carbocycles. The maximum absolute atomic E-state index is 11.3. The van der Waals surface area contributed by atoms with Gasteiger partial charge in [-0.15, -0.1) is 0 Å². The smallest absolute Gasteiger partial charge is 0.331 e. The largest absolute Gasteiger partial charge is 0.495 e. The molecule has 0 radical (unpaired) electrons. The number of hydrogen-bond acceptors (Lipinski definition) is 3. The van der Waals surface area contributed by atoms with Gasteiger partial charge in [-0.05, 0) is 24.6 Å². The van der Waals surface area contributed by atoms with Crippen LogP contribution < -0.4 is 4.74 Å². The van der Waals surface area contributed by atoms with Gasteiger partial charge in [0.1, 0.15) is 5.75 Å². The van der Waals surface area contributed by atoms with Crippen LogP contribution in [0.2, 0.25) is 5.02 Å². The molecule has 0 saturated carbocycles. The van der Waals surface area contributed by atoms with Crippen LogP contribution in [0.5, 0.6) is 5.75 Å². The molecule has 5 nitrogen and oxygen atoms in total. The summed E-state index contributed by atoms with van der Waals surface area (Å²) >= 11 is 5.94. The van der Waals surface area contributed by atoms with Crippen LogP contribution in [0.15, 0.2) is 18.2 Å². The van der Waals surface area contributed by atoms with Gasteiger partial charge in [-0.3, -0.25) is 4.79 Å². The zero-order valence-corrected chi connectivity index (χ0v) is 10.8. The Bertz CT molecular complexity index is 450. The molecular formula is C12H14ClNO4. The van der Waals surface area contributed by atoms with Gasteiger partial charge in [0.2, 0.25) is 6.41 Å². The normalized spacial score (nSPS) is 11.7. The third-order valence-corrected chi connectivity index (χ3v) is 2.85. The Labute approximate surface area is 110 Å². The van der Waals surface area contributed by atoms with Gasteiger partial charge in [-0.25, -0.2) is 4.79 Å². The number of hydrogen-bond donors (Lipinski definition) is 1. The SMILES string of the molecule is CCN(C=O)C(C(=O)O)c1ccc(OC)c(Cl)c1. The first-order chi connectivity index (χ1) is 8.54. The van der Waals surface area contributed by atoms with E-state index in [0.717, 1.165) is 0 Å². The van der Waals surface area contributed by atoms with E-state index in [1.54, 1.807) is 19.1 Å². The number of carboxylic acid groups (broad SMARTS) is 1. The number of amides is 1. The molecule has 0 aromatic heterocycles. The van der Waals surface area contributed by atoms with Crippen molar-refractivity contribution in [3.63, 3.8) is 0 Å². The minimum absolute atomic E-state index is 0.296. The minimum atomic E-state index is -1.11. The molecule has 0 aliphatic heterocycles. The van der Waals surface area contributed by atoms with Crippen molar-refractivity contribution < 1.29 is 19.4 Å². The summed E-state index contributed by atoms with van der Waals surface area (Å²) in [4.78, 5) is 23.3. The Hall–Kier alpha value is -1.75. The van der Waals surface area contributed by atoms with Gasteiger partial charge in [0.15, 0.2) is 6.04 Å². The number of rotatable bonds is 6. The first-order valence-electron chi connectivity index (χ1n) is 5.32. The van der Waals surface area contributed by atoms with Gasteiger partial charge in [0, 0.05) is 6.54 Å². The monoisotopic (exact) mass is 271 g/mol. The lowest BCUT2D eigenvalue weighted by Crippen LogP contribution is -2.32. The highest BCUT2D eigenvalue weighted by Crippen LogP contribution is 2.29. The van der Waals surface area contributed by atoms with Crippen LogP contribution in [-0.2, 0) is 9.59 Å². The number of aliphatic carboxylic acids is 1. The number of likely N-dealkylation sites (N-methyl/N-ethyl adjacent to an activating group) is 1. The molecule has 1 aromatic carbocycles. The summed E-state index contributed by atoms with van der Waals surface area (Å²) in [6.45, 7) is 2.00. The van der Waals surface area contributed by atoms with Crippen LogP contribution in [0, 0.1) is 0 Å². The summed E-state index contributed by atoms with van der Waals surface area (Å²) < 4.78 is 4.99. The summed E-state index contributed by atoms with van der Waals surface area (Å²) in [6, 6.07) is 3.60. The number of nitrogens with zero attached hydrogens (tertiary/aromatic N) is 1. The van der Waals surface area contributed by atoms with E-state index in [1.807, 2.05) is 0 Å². The van der Waals surface area contributed by atoms with E-state index >= 15 is 0 Å². The second kappa shape index (κ2) is 6.26. The molecular weight excluding hydrogens is 258 g/mol. The van der Waals surface area contributed by atoms with E-state index in [2.05, 4.69) is 0 Å². The number of halogens is 1. The highest BCUT2D eigenvalue weighted by molar-refractivity contribution is 6.32. The molecule has 1 N–H and O–H groups in total. The molecule has 18 heavy (non-hydrogen) atoms. The van der Waals surface area contributed by atoms with E-state index in [1.165, 1.54) is 18.1 Å². The van der Waals surface area contributed by atoms with Crippen molar-refractivity contribution in [1.29, 1.82) is 0 Å². The van der Waals surface area contributed by atoms with Crippen molar-refractivity contribution in [2.24, 2.45) is 0 Å². The molecule has 0 heterocycles. The fourth-order valence-corrected chi connectivity index (χ4v) is 1.91. The molecule has 1 atom stereocenters. The predicted octanol–water partition coefficient (Wildman–Crippen LogP) is 1.95. The average Bonchev–Trinajstić information content (AvgIpc) is 2.35. The fraction of sp³-hybridized carbons (Fsp3) is 0.333. The predicted molar refractivity (Wildman–Crippen MR) is 66.8 cm³/mol. The van der Waals surface area contributed by atoms with Crippen molar-refractivity contribution >= 4 is 24.0 Å². The third-order valence-electron chi connectivity index (χ3n) is 2.56. The number of carbonyl (C=O) groups is 2.